The van der Waals surface area contributed by atoms with E-state index in [2.05, 4.69) is 0 Å². The summed E-state index contributed by atoms with van der Waals surface area (Å²) in [5.41, 5.74) is 2.03. The van der Waals surface area contributed by atoms with E-state index < -0.39 is 0 Å². The first-order chi connectivity index (χ1) is 6.79. The van der Waals surface area contributed by atoms with Crippen LogP contribution in [-0.4, -0.2) is 4.57 Å². The van der Waals surface area contributed by atoms with Gasteiger partial charge in [0.2, 0.25) is 0 Å². The Morgan fingerprint density at radius 1 is 1.00 bits per heavy atom. The molecule has 1 aliphatic rings. The van der Waals surface area contributed by atoms with Crippen LogP contribution in [0.1, 0.15) is 11.3 Å². The molecule has 0 aromatic carbocycles. The second-order valence-electron chi connectivity index (χ2n) is 3.17. The maximum absolute atomic E-state index is 11.4. The normalized spacial score (nSPS) is 20.4. The van der Waals surface area contributed by atoms with Crippen LogP contribution in [0.25, 0.3) is 12.2 Å². The molecule has 0 unspecified atom stereocenters. The first-order valence-electron chi connectivity index (χ1n) is 4.50. The van der Waals surface area contributed by atoms with Gasteiger partial charge in [0.05, 0.1) is 5.69 Å². The van der Waals surface area contributed by atoms with Gasteiger partial charge in [-0.15, -0.1) is 0 Å². The van der Waals surface area contributed by atoms with Gasteiger partial charge in [-0.3, -0.25) is 4.79 Å². The summed E-state index contributed by atoms with van der Waals surface area (Å²) in [6.07, 6.45) is 11.7. The van der Waals surface area contributed by atoms with Gasteiger partial charge < -0.3 is 4.57 Å². The lowest BCUT2D eigenvalue weighted by molar-refractivity contribution is 0.845. The van der Waals surface area contributed by atoms with Crippen LogP contribution in [0.3, 0.4) is 0 Å². The Morgan fingerprint density at radius 3 is 2.50 bits per heavy atom. The molecule has 2 rings (SSSR count). The SMILES string of the molecule is Cn1c2c(ccc1=O)\C=C/C=C\C=C/2. The third kappa shape index (κ3) is 1.46. The van der Waals surface area contributed by atoms with Gasteiger partial charge in [-0.25, -0.2) is 0 Å². The summed E-state index contributed by atoms with van der Waals surface area (Å²) in [6, 6.07) is 3.43. The van der Waals surface area contributed by atoms with Gasteiger partial charge in [0.1, 0.15) is 0 Å². The molecule has 0 saturated carbocycles. The Labute approximate surface area is 82.5 Å². The number of nitrogens with zero attached hydrogens (tertiary/aromatic N) is 1. The predicted molar refractivity (Wildman–Crippen MR) is 58.9 cm³/mol. The summed E-state index contributed by atoms with van der Waals surface area (Å²) in [5.74, 6) is 0. The lowest BCUT2D eigenvalue weighted by Crippen LogP contribution is -2.18. The van der Waals surface area contributed by atoms with Crippen molar-refractivity contribution in [3.8, 4) is 0 Å². The van der Waals surface area contributed by atoms with E-state index in [4.69, 9.17) is 0 Å². The number of rotatable bonds is 0. The largest absolute Gasteiger partial charge is 0.311 e. The molecular formula is C12H11NO. The van der Waals surface area contributed by atoms with E-state index in [-0.39, 0.29) is 5.56 Å². The fourth-order valence-corrected chi connectivity index (χ4v) is 1.45. The highest BCUT2D eigenvalue weighted by atomic mass is 16.1. The average Bonchev–Trinajstić information content (AvgIpc) is 2.13. The standard InChI is InChI=1S/C12H11NO/c1-13-11-7-5-3-2-4-6-10(11)8-9-12(13)14/h2-9H,1H3/b3-2-,4-2?,5-3?,6-4-,7-5-,10-6?,11-7?. The van der Waals surface area contributed by atoms with Crippen molar-refractivity contribution in [3.05, 3.63) is 58.0 Å². The molecule has 70 valence electrons. The molecule has 0 N–H and O–H groups in total. The fourth-order valence-electron chi connectivity index (χ4n) is 1.45. The molecule has 1 aromatic heterocycles. The zero-order valence-electron chi connectivity index (χ0n) is 7.97. The first-order valence-corrected chi connectivity index (χ1v) is 4.50. The van der Waals surface area contributed by atoms with Crippen molar-refractivity contribution in [2.24, 2.45) is 7.05 Å². The van der Waals surface area contributed by atoms with Gasteiger partial charge in [-0.2, -0.15) is 0 Å². The maximum Gasteiger partial charge on any atom is 0.250 e. The Hall–Kier alpha value is -1.83. The summed E-state index contributed by atoms with van der Waals surface area (Å²) in [6.45, 7) is 0. The van der Waals surface area contributed by atoms with E-state index in [0.29, 0.717) is 0 Å². The summed E-state index contributed by atoms with van der Waals surface area (Å²) in [5, 5.41) is 0. The van der Waals surface area contributed by atoms with E-state index in [0.717, 1.165) is 11.3 Å². The predicted octanol–water partition coefficient (Wildman–Crippen LogP) is 1.98. The van der Waals surface area contributed by atoms with Crippen molar-refractivity contribution in [3.63, 3.8) is 0 Å². The molecule has 2 nitrogen and oxygen atoms in total. The van der Waals surface area contributed by atoms with Gasteiger partial charge in [-0.1, -0.05) is 30.4 Å². The zero-order valence-corrected chi connectivity index (χ0v) is 7.97. The van der Waals surface area contributed by atoms with Crippen molar-refractivity contribution in [1.82, 2.24) is 4.57 Å². The number of hydrogen-bond donors (Lipinski definition) is 0. The Balaban J connectivity index is 2.72. The van der Waals surface area contributed by atoms with Crippen LogP contribution in [0.2, 0.25) is 0 Å². The van der Waals surface area contributed by atoms with Crippen molar-refractivity contribution >= 4 is 12.2 Å². The van der Waals surface area contributed by atoms with Crippen LogP contribution < -0.4 is 5.56 Å². The topological polar surface area (TPSA) is 22.0 Å². The maximum atomic E-state index is 11.4. The minimum Gasteiger partial charge on any atom is -0.311 e. The van der Waals surface area contributed by atoms with Crippen molar-refractivity contribution in [2.75, 3.05) is 0 Å². The molecule has 0 fully saturated rings. The van der Waals surface area contributed by atoms with Crippen LogP contribution in [-0.2, 0) is 7.05 Å². The lowest BCUT2D eigenvalue weighted by atomic mass is 10.1. The third-order valence-corrected chi connectivity index (χ3v) is 2.26. The minimum absolute atomic E-state index is 0.0198. The molecule has 0 aliphatic heterocycles. The minimum atomic E-state index is 0.0198. The summed E-state index contributed by atoms with van der Waals surface area (Å²) in [4.78, 5) is 11.4. The number of aromatic nitrogens is 1. The highest BCUT2D eigenvalue weighted by Gasteiger charge is 2.01. The van der Waals surface area contributed by atoms with Crippen molar-refractivity contribution < 1.29 is 0 Å². The molecule has 2 heteroatoms. The molecular weight excluding hydrogens is 174 g/mol. The van der Waals surface area contributed by atoms with Gasteiger partial charge in [0, 0.05) is 13.1 Å². The highest BCUT2D eigenvalue weighted by Crippen LogP contribution is 2.11. The monoisotopic (exact) mass is 185 g/mol. The molecule has 1 aliphatic carbocycles. The smallest absolute Gasteiger partial charge is 0.250 e. The summed E-state index contributed by atoms with van der Waals surface area (Å²) >= 11 is 0. The quantitative estimate of drug-likeness (QED) is 0.605. The third-order valence-electron chi connectivity index (χ3n) is 2.26. The van der Waals surface area contributed by atoms with Crippen LogP contribution in [0, 0.1) is 0 Å². The van der Waals surface area contributed by atoms with Crippen LogP contribution in [0.15, 0.2) is 41.2 Å². The molecule has 14 heavy (non-hydrogen) atoms. The van der Waals surface area contributed by atoms with E-state index in [9.17, 15) is 4.79 Å². The number of hydrogen-bond acceptors (Lipinski definition) is 1. The Kier molecular flexibility index (Phi) is 2.19. The van der Waals surface area contributed by atoms with Gasteiger partial charge in [-0.05, 0) is 17.7 Å². The zero-order chi connectivity index (χ0) is 9.97. The second-order valence-corrected chi connectivity index (χ2v) is 3.17. The summed E-state index contributed by atoms with van der Waals surface area (Å²) in [7, 11) is 1.78. The van der Waals surface area contributed by atoms with Gasteiger partial charge in [0.25, 0.3) is 5.56 Å². The van der Waals surface area contributed by atoms with Crippen molar-refractivity contribution in [2.45, 2.75) is 0 Å². The molecule has 0 radical (unpaired) electrons. The van der Waals surface area contributed by atoms with Crippen LogP contribution in [0.5, 0.6) is 0 Å². The molecule has 0 bridgehead atoms. The Morgan fingerprint density at radius 2 is 1.71 bits per heavy atom. The van der Waals surface area contributed by atoms with E-state index in [1.807, 2.05) is 42.5 Å². The van der Waals surface area contributed by atoms with E-state index in [1.54, 1.807) is 17.7 Å². The highest BCUT2D eigenvalue weighted by molar-refractivity contribution is 5.65. The molecule has 0 atom stereocenters. The Bertz CT molecular complexity index is 490. The van der Waals surface area contributed by atoms with Crippen LogP contribution in [0.4, 0.5) is 0 Å². The second kappa shape index (κ2) is 3.50. The first kappa shape index (κ1) is 8.75. The number of fused-ring (bicyclic) bond motifs is 1. The van der Waals surface area contributed by atoms with Gasteiger partial charge in [0.15, 0.2) is 0 Å². The van der Waals surface area contributed by atoms with Crippen molar-refractivity contribution in [1.29, 1.82) is 0 Å². The average molecular weight is 185 g/mol. The van der Waals surface area contributed by atoms with Gasteiger partial charge >= 0.3 is 0 Å². The molecule has 1 heterocycles. The molecule has 1 aromatic rings. The molecule has 0 spiro atoms. The molecule has 0 saturated heterocycles. The van der Waals surface area contributed by atoms with E-state index >= 15 is 0 Å². The lowest BCUT2D eigenvalue weighted by Gasteiger charge is -2.07. The van der Waals surface area contributed by atoms with Crippen LogP contribution >= 0.6 is 0 Å². The fraction of sp³-hybridized carbons (Fsp3) is 0.0833. The summed E-state index contributed by atoms with van der Waals surface area (Å²) < 4.78 is 1.65. The number of pyridine rings is 1. The molecule has 0 amide bonds. The number of allylic oxidation sites excluding steroid dienone is 4. The van der Waals surface area contributed by atoms with E-state index in [1.165, 1.54) is 0 Å².